The van der Waals surface area contributed by atoms with Crippen molar-refractivity contribution in [1.29, 1.82) is 0 Å². The van der Waals surface area contributed by atoms with Crippen LogP contribution < -0.4 is 0 Å². The molecular formula is C63H38N4O2. The Morgan fingerprint density at radius 3 is 1.62 bits per heavy atom. The van der Waals surface area contributed by atoms with E-state index >= 15 is 0 Å². The topological polar surface area (TPSA) is 69.9 Å². The zero-order chi connectivity index (χ0) is 45.4. The maximum absolute atomic E-state index is 6.58. The number of hydrogen-bond donors (Lipinski definition) is 0. The van der Waals surface area contributed by atoms with Crippen LogP contribution in [0.15, 0.2) is 239 Å². The Hall–Kier alpha value is -9.39. The largest absolute Gasteiger partial charge is 0.456 e. The van der Waals surface area contributed by atoms with Crippen molar-refractivity contribution in [1.82, 2.24) is 19.5 Å². The average Bonchev–Trinajstić information content (AvgIpc) is 4.10. The lowest BCUT2D eigenvalue weighted by Gasteiger charge is -2.10. The van der Waals surface area contributed by atoms with Gasteiger partial charge in [-0.1, -0.05) is 158 Å². The fourth-order valence-corrected chi connectivity index (χ4v) is 10.1. The van der Waals surface area contributed by atoms with Crippen LogP contribution in [0.3, 0.4) is 0 Å². The van der Waals surface area contributed by atoms with Crippen LogP contribution in [0.1, 0.15) is 0 Å². The summed E-state index contributed by atoms with van der Waals surface area (Å²) in [6, 6.07) is 80.6. The first kappa shape index (κ1) is 38.8. The zero-order valence-corrected chi connectivity index (χ0v) is 37.0. The summed E-state index contributed by atoms with van der Waals surface area (Å²) in [5, 5.41) is 6.50. The van der Waals surface area contributed by atoms with Crippen molar-refractivity contribution in [2.45, 2.75) is 0 Å². The second-order valence-electron chi connectivity index (χ2n) is 17.6. The van der Waals surface area contributed by atoms with E-state index in [1.54, 1.807) is 0 Å². The Bertz CT molecular complexity index is 4300. The summed E-state index contributed by atoms with van der Waals surface area (Å²) in [6.07, 6.45) is 0. The molecule has 0 saturated carbocycles. The van der Waals surface area contributed by atoms with Gasteiger partial charge in [-0.05, 0) is 106 Å². The standard InChI is InChI=1S/C63H38N4O2/c1-3-13-39(14-4-1)40-25-27-41(28-26-40)61-64-62(46-29-32-50-49-20-8-10-23-56(49)69-59(50)38-46)66-63(65-61)51-21-12-24-58-60(51)53-37-45(31-34-57(53)68-58)43-16-11-15-42(35-43)44-30-33-55-52(36-44)48-19-7-9-22-54(48)67(55)47-17-5-2-6-18-47/h1-38H. The molecule has 0 aliphatic carbocycles. The van der Waals surface area contributed by atoms with Gasteiger partial charge < -0.3 is 13.4 Å². The van der Waals surface area contributed by atoms with E-state index in [9.17, 15) is 0 Å². The number of aromatic nitrogens is 4. The fraction of sp³-hybridized carbons (Fsp3) is 0. The van der Waals surface area contributed by atoms with Gasteiger partial charge >= 0.3 is 0 Å². The van der Waals surface area contributed by atoms with Gasteiger partial charge in [-0.25, -0.2) is 15.0 Å². The Balaban J connectivity index is 0.890. The molecule has 0 unspecified atom stereocenters. The smallest absolute Gasteiger partial charge is 0.164 e. The van der Waals surface area contributed by atoms with Crippen molar-refractivity contribution in [3.05, 3.63) is 231 Å². The zero-order valence-electron chi connectivity index (χ0n) is 37.0. The molecule has 0 bridgehead atoms. The molecule has 6 nitrogen and oxygen atoms in total. The normalized spacial score (nSPS) is 11.8. The Morgan fingerprint density at radius 2 is 0.797 bits per heavy atom. The summed E-state index contributed by atoms with van der Waals surface area (Å²) < 4.78 is 15.3. The highest BCUT2D eigenvalue weighted by atomic mass is 16.3. The van der Waals surface area contributed by atoms with E-state index in [2.05, 4.69) is 193 Å². The van der Waals surface area contributed by atoms with E-state index in [0.29, 0.717) is 17.5 Å². The summed E-state index contributed by atoms with van der Waals surface area (Å²) in [5.74, 6) is 1.68. The lowest BCUT2D eigenvalue weighted by molar-refractivity contribution is 0.668. The molecule has 0 saturated heterocycles. The first-order chi connectivity index (χ1) is 34.2. The van der Waals surface area contributed by atoms with Crippen LogP contribution in [0.2, 0.25) is 0 Å². The third-order valence-electron chi connectivity index (χ3n) is 13.5. The fourth-order valence-electron chi connectivity index (χ4n) is 10.1. The molecule has 14 rings (SSSR count). The van der Waals surface area contributed by atoms with E-state index in [0.717, 1.165) is 99.6 Å². The van der Waals surface area contributed by atoms with Gasteiger partial charge in [0, 0.05) is 54.7 Å². The van der Waals surface area contributed by atoms with Crippen molar-refractivity contribution in [2.75, 3.05) is 0 Å². The molecular weight excluding hydrogens is 845 g/mol. The molecule has 14 aromatic rings. The van der Waals surface area contributed by atoms with E-state index in [1.807, 2.05) is 42.5 Å². The SMILES string of the molecule is c1ccc(-c2ccc(-c3nc(-c4ccc5c(c4)oc4ccccc45)nc(-c4cccc5oc6ccc(-c7cccc(-c8ccc9c(c8)c8ccccc8n9-c8ccccc8)c7)cc6c45)n3)cc2)cc1. The van der Waals surface area contributed by atoms with Crippen molar-refractivity contribution < 1.29 is 8.83 Å². The highest BCUT2D eigenvalue weighted by Gasteiger charge is 2.20. The van der Waals surface area contributed by atoms with Gasteiger partial charge in [0.1, 0.15) is 22.3 Å². The minimum Gasteiger partial charge on any atom is -0.456 e. The van der Waals surface area contributed by atoms with Crippen LogP contribution in [0.4, 0.5) is 0 Å². The van der Waals surface area contributed by atoms with Gasteiger partial charge in [0.05, 0.1) is 11.0 Å². The third kappa shape index (κ3) is 6.53. The number of hydrogen-bond acceptors (Lipinski definition) is 5. The number of rotatable bonds is 7. The first-order valence-electron chi connectivity index (χ1n) is 23.2. The van der Waals surface area contributed by atoms with Crippen LogP contribution in [0.5, 0.6) is 0 Å². The Kier molecular flexibility index (Phi) is 8.79. The molecule has 69 heavy (non-hydrogen) atoms. The number of para-hydroxylation sites is 3. The summed E-state index contributed by atoms with van der Waals surface area (Å²) in [5.41, 5.74) is 16.0. The van der Waals surface area contributed by atoms with E-state index in [4.69, 9.17) is 23.8 Å². The molecule has 4 heterocycles. The number of furan rings is 2. The van der Waals surface area contributed by atoms with Gasteiger partial charge in [0.25, 0.3) is 0 Å². The Morgan fingerprint density at radius 1 is 0.275 bits per heavy atom. The predicted octanol–water partition coefficient (Wildman–Crippen LogP) is 16.8. The minimum absolute atomic E-state index is 0.551. The van der Waals surface area contributed by atoms with Crippen LogP contribution in [0, 0.1) is 0 Å². The molecule has 0 aliphatic heterocycles. The predicted molar refractivity (Wildman–Crippen MR) is 281 cm³/mol. The van der Waals surface area contributed by atoms with Gasteiger partial charge in [-0.2, -0.15) is 0 Å². The maximum Gasteiger partial charge on any atom is 0.164 e. The molecule has 0 radical (unpaired) electrons. The summed E-state index contributed by atoms with van der Waals surface area (Å²) in [6.45, 7) is 0. The molecule has 10 aromatic carbocycles. The number of benzene rings is 10. The highest BCUT2D eigenvalue weighted by molar-refractivity contribution is 6.13. The van der Waals surface area contributed by atoms with Crippen LogP contribution in [-0.4, -0.2) is 19.5 Å². The second kappa shape index (κ2) is 15.6. The molecule has 0 aliphatic rings. The molecule has 6 heteroatoms. The van der Waals surface area contributed by atoms with Crippen molar-refractivity contribution in [3.8, 4) is 73.2 Å². The molecule has 322 valence electrons. The second-order valence-corrected chi connectivity index (χ2v) is 17.6. The number of nitrogens with zero attached hydrogens (tertiary/aromatic N) is 4. The van der Waals surface area contributed by atoms with E-state index in [1.165, 1.54) is 21.8 Å². The summed E-state index contributed by atoms with van der Waals surface area (Å²) >= 11 is 0. The van der Waals surface area contributed by atoms with E-state index in [-0.39, 0.29) is 0 Å². The van der Waals surface area contributed by atoms with Gasteiger partial charge in [-0.3, -0.25) is 0 Å². The van der Waals surface area contributed by atoms with Crippen LogP contribution >= 0.6 is 0 Å². The molecule has 4 aromatic heterocycles. The van der Waals surface area contributed by atoms with Gasteiger partial charge in [0.15, 0.2) is 17.5 Å². The van der Waals surface area contributed by atoms with Gasteiger partial charge in [0.2, 0.25) is 0 Å². The monoisotopic (exact) mass is 882 g/mol. The van der Waals surface area contributed by atoms with Crippen LogP contribution in [0.25, 0.3) is 139 Å². The van der Waals surface area contributed by atoms with Crippen molar-refractivity contribution >= 4 is 65.7 Å². The molecule has 0 amide bonds. The summed E-state index contributed by atoms with van der Waals surface area (Å²) in [7, 11) is 0. The molecule has 0 atom stereocenters. The number of fused-ring (bicyclic) bond motifs is 9. The average molecular weight is 883 g/mol. The Labute approximate surface area is 396 Å². The van der Waals surface area contributed by atoms with Crippen LogP contribution in [-0.2, 0) is 0 Å². The van der Waals surface area contributed by atoms with Gasteiger partial charge in [-0.15, -0.1) is 0 Å². The van der Waals surface area contributed by atoms with Crippen molar-refractivity contribution in [3.63, 3.8) is 0 Å². The quantitative estimate of drug-likeness (QED) is 0.159. The molecule has 0 N–H and O–H groups in total. The minimum atomic E-state index is 0.551. The molecule has 0 fully saturated rings. The van der Waals surface area contributed by atoms with Crippen molar-refractivity contribution in [2.24, 2.45) is 0 Å². The lowest BCUT2D eigenvalue weighted by atomic mass is 9.96. The first-order valence-corrected chi connectivity index (χ1v) is 23.2. The summed E-state index contributed by atoms with van der Waals surface area (Å²) in [4.78, 5) is 15.6. The highest BCUT2D eigenvalue weighted by Crippen LogP contribution is 2.41. The maximum atomic E-state index is 6.58. The molecule has 0 spiro atoms. The van der Waals surface area contributed by atoms with E-state index < -0.39 is 0 Å². The third-order valence-corrected chi connectivity index (χ3v) is 13.5. The lowest BCUT2D eigenvalue weighted by Crippen LogP contribution is -2.00.